The van der Waals surface area contributed by atoms with Crippen LogP contribution < -0.4 is 5.43 Å². The Hall–Kier alpha value is -2.90. The van der Waals surface area contributed by atoms with Gasteiger partial charge in [0.15, 0.2) is 0 Å². The molecule has 0 heterocycles. The van der Waals surface area contributed by atoms with E-state index in [9.17, 15) is 23.3 Å². The number of aryl methyl sites for hydroxylation is 1. The number of nitro groups is 1. The number of nitro benzene ring substituents is 1. The molecule has 0 unspecified atom stereocenters. The summed E-state index contributed by atoms with van der Waals surface area (Å²) in [5.41, 5.74) is 2.55. The van der Waals surface area contributed by atoms with E-state index in [0.29, 0.717) is 16.8 Å². The van der Waals surface area contributed by atoms with E-state index in [2.05, 4.69) is 10.5 Å². The number of hydrazone groups is 1. The summed E-state index contributed by atoms with van der Waals surface area (Å²) in [4.78, 5) is 10.4. The van der Waals surface area contributed by atoms with Crippen molar-refractivity contribution in [1.29, 1.82) is 0 Å². The van der Waals surface area contributed by atoms with Gasteiger partial charge in [0, 0.05) is 17.2 Å². The summed E-state index contributed by atoms with van der Waals surface area (Å²) < 4.78 is 38.8. The molecule has 8 heteroatoms. The van der Waals surface area contributed by atoms with Crippen LogP contribution >= 0.6 is 0 Å². The second-order valence-corrected chi connectivity index (χ2v) is 5.11. The molecular weight excluding hydrogens is 323 g/mol. The summed E-state index contributed by atoms with van der Waals surface area (Å²) >= 11 is 0. The van der Waals surface area contributed by atoms with E-state index < -0.39 is 16.7 Å². The van der Waals surface area contributed by atoms with Crippen molar-refractivity contribution < 1.29 is 18.1 Å². The number of rotatable bonds is 4. The summed E-state index contributed by atoms with van der Waals surface area (Å²) in [5, 5.41) is 14.9. The van der Waals surface area contributed by atoms with Crippen molar-refractivity contribution in [1.82, 2.24) is 0 Å². The first kappa shape index (κ1) is 17.5. The largest absolute Gasteiger partial charge is 0.418 e. The Bertz CT molecular complexity index is 801. The number of benzene rings is 2. The average molecular weight is 337 g/mol. The van der Waals surface area contributed by atoms with Gasteiger partial charge in [-0.25, -0.2) is 0 Å². The summed E-state index contributed by atoms with van der Waals surface area (Å²) in [6.45, 7) is 3.16. The maximum absolute atomic E-state index is 12.9. The molecule has 0 aliphatic rings. The van der Waals surface area contributed by atoms with E-state index in [4.69, 9.17) is 0 Å². The van der Waals surface area contributed by atoms with Crippen molar-refractivity contribution in [3.63, 3.8) is 0 Å². The number of para-hydroxylation sites is 1. The highest BCUT2D eigenvalue weighted by Crippen LogP contribution is 2.34. The van der Waals surface area contributed by atoms with E-state index in [-0.39, 0.29) is 11.4 Å². The molecule has 0 saturated carbocycles. The van der Waals surface area contributed by atoms with Crippen molar-refractivity contribution >= 4 is 17.1 Å². The second-order valence-electron chi connectivity index (χ2n) is 5.11. The van der Waals surface area contributed by atoms with E-state index in [1.807, 2.05) is 0 Å². The van der Waals surface area contributed by atoms with E-state index in [1.54, 1.807) is 26.0 Å². The van der Waals surface area contributed by atoms with Crippen molar-refractivity contribution in [3.05, 3.63) is 69.3 Å². The van der Waals surface area contributed by atoms with Crippen LogP contribution in [0.4, 0.5) is 24.5 Å². The highest BCUT2D eigenvalue weighted by atomic mass is 19.4. The fraction of sp³-hybridized carbons (Fsp3) is 0.188. The molecule has 0 saturated heterocycles. The second kappa shape index (κ2) is 6.69. The molecule has 0 aliphatic heterocycles. The Morgan fingerprint density at radius 1 is 1.21 bits per heavy atom. The van der Waals surface area contributed by atoms with Crippen LogP contribution in [0.25, 0.3) is 0 Å². The molecule has 0 fully saturated rings. The Kier molecular flexibility index (Phi) is 4.87. The number of hydrogen-bond acceptors (Lipinski definition) is 4. The lowest BCUT2D eigenvalue weighted by atomic mass is 10.1. The van der Waals surface area contributed by atoms with Gasteiger partial charge in [-0.05, 0) is 26.0 Å². The van der Waals surface area contributed by atoms with Crippen LogP contribution in [-0.2, 0) is 6.18 Å². The molecule has 0 radical (unpaired) electrons. The molecule has 2 aromatic rings. The van der Waals surface area contributed by atoms with Crippen LogP contribution in [-0.4, -0.2) is 10.6 Å². The van der Waals surface area contributed by atoms with Crippen LogP contribution in [0.15, 0.2) is 47.6 Å². The lowest BCUT2D eigenvalue weighted by Gasteiger charge is -2.12. The maximum Gasteiger partial charge on any atom is 0.418 e. The number of anilines is 1. The molecule has 2 rings (SSSR count). The number of hydrogen-bond donors (Lipinski definition) is 1. The van der Waals surface area contributed by atoms with Crippen LogP contribution in [0.5, 0.6) is 0 Å². The van der Waals surface area contributed by atoms with Crippen molar-refractivity contribution in [2.24, 2.45) is 5.10 Å². The number of nitrogens with one attached hydrogen (secondary N) is 1. The molecule has 24 heavy (non-hydrogen) atoms. The smallest absolute Gasteiger partial charge is 0.278 e. The topological polar surface area (TPSA) is 67.5 Å². The molecule has 0 spiro atoms. The first-order valence-corrected chi connectivity index (χ1v) is 6.92. The quantitative estimate of drug-likeness (QED) is 0.497. The minimum absolute atomic E-state index is 0.0715. The van der Waals surface area contributed by atoms with Crippen LogP contribution in [0, 0.1) is 17.0 Å². The maximum atomic E-state index is 12.9. The summed E-state index contributed by atoms with van der Waals surface area (Å²) in [6.07, 6.45) is -4.50. The summed E-state index contributed by atoms with van der Waals surface area (Å²) in [7, 11) is 0. The zero-order chi connectivity index (χ0) is 17.9. The van der Waals surface area contributed by atoms with Gasteiger partial charge in [0.25, 0.3) is 5.69 Å². The lowest BCUT2D eigenvalue weighted by molar-refractivity contribution is -0.385. The zero-order valence-electron chi connectivity index (χ0n) is 12.9. The van der Waals surface area contributed by atoms with Gasteiger partial charge in [0.2, 0.25) is 0 Å². The van der Waals surface area contributed by atoms with Crippen LogP contribution in [0.3, 0.4) is 0 Å². The van der Waals surface area contributed by atoms with Gasteiger partial charge >= 0.3 is 6.18 Å². The molecule has 126 valence electrons. The molecule has 0 atom stereocenters. The molecule has 0 aromatic heterocycles. The van der Waals surface area contributed by atoms with Crippen LogP contribution in [0.2, 0.25) is 0 Å². The fourth-order valence-electron chi connectivity index (χ4n) is 2.07. The Balaban J connectivity index is 2.31. The summed E-state index contributed by atoms with van der Waals surface area (Å²) in [6, 6.07) is 9.48. The summed E-state index contributed by atoms with van der Waals surface area (Å²) in [5.74, 6) is 0. The average Bonchev–Trinajstić information content (AvgIpc) is 2.52. The van der Waals surface area contributed by atoms with Gasteiger partial charge in [-0.15, -0.1) is 0 Å². The molecule has 2 aromatic carbocycles. The Morgan fingerprint density at radius 3 is 2.50 bits per heavy atom. The highest BCUT2D eigenvalue weighted by molar-refractivity contribution is 5.99. The van der Waals surface area contributed by atoms with E-state index in [1.165, 1.54) is 24.3 Å². The van der Waals surface area contributed by atoms with Crippen molar-refractivity contribution in [3.8, 4) is 0 Å². The van der Waals surface area contributed by atoms with Gasteiger partial charge in [-0.3, -0.25) is 15.5 Å². The monoisotopic (exact) mass is 337 g/mol. The van der Waals surface area contributed by atoms with Gasteiger partial charge < -0.3 is 0 Å². The molecule has 5 nitrogen and oxygen atoms in total. The minimum Gasteiger partial charge on any atom is -0.278 e. The molecule has 0 amide bonds. The van der Waals surface area contributed by atoms with Gasteiger partial charge in [0.1, 0.15) is 0 Å². The Labute approximate surface area is 136 Å². The first-order chi connectivity index (χ1) is 11.2. The third-order valence-electron chi connectivity index (χ3n) is 3.40. The molecule has 1 N–H and O–H groups in total. The normalized spacial score (nSPS) is 12.1. The standard InChI is InChI=1S/C16H14F3N3O2/c1-10-7-8-12(9-15(10)22(23)24)11(2)20-21-14-6-4-3-5-13(14)16(17,18)19/h3-9,21H,1-2H3. The van der Waals surface area contributed by atoms with Crippen LogP contribution in [0.1, 0.15) is 23.6 Å². The zero-order valence-corrected chi connectivity index (χ0v) is 12.9. The highest BCUT2D eigenvalue weighted by Gasteiger charge is 2.33. The third-order valence-corrected chi connectivity index (χ3v) is 3.40. The Morgan fingerprint density at radius 2 is 1.88 bits per heavy atom. The molecule has 0 bridgehead atoms. The number of halogens is 3. The predicted octanol–water partition coefficient (Wildman–Crippen LogP) is 4.76. The lowest BCUT2D eigenvalue weighted by Crippen LogP contribution is -2.09. The SMILES string of the molecule is CC(=NNc1ccccc1C(F)(F)F)c1ccc(C)c([N+](=O)[O-])c1. The minimum atomic E-state index is -4.50. The predicted molar refractivity (Wildman–Crippen MR) is 85.1 cm³/mol. The van der Waals surface area contributed by atoms with Gasteiger partial charge in [-0.1, -0.05) is 24.3 Å². The van der Waals surface area contributed by atoms with Crippen molar-refractivity contribution in [2.45, 2.75) is 20.0 Å². The van der Waals surface area contributed by atoms with E-state index >= 15 is 0 Å². The third kappa shape index (κ3) is 3.89. The number of alkyl halides is 3. The van der Waals surface area contributed by atoms with Crippen molar-refractivity contribution in [2.75, 3.05) is 5.43 Å². The van der Waals surface area contributed by atoms with Gasteiger partial charge in [-0.2, -0.15) is 18.3 Å². The fourth-order valence-corrected chi connectivity index (χ4v) is 2.07. The molecular formula is C16H14F3N3O2. The molecule has 0 aliphatic carbocycles. The van der Waals surface area contributed by atoms with E-state index in [0.717, 1.165) is 6.07 Å². The van der Waals surface area contributed by atoms with Gasteiger partial charge in [0.05, 0.1) is 21.9 Å². The number of nitrogens with zero attached hydrogens (tertiary/aromatic N) is 2. The first-order valence-electron chi connectivity index (χ1n) is 6.92.